The molecule has 9 heteroatoms. The molecule has 0 N–H and O–H groups in total. The molecule has 2 aromatic heterocycles. The molecule has 34 heavy (non-hydrogen) atoms. The summed E-state index contributed by atoms with van der Waals surface area (Å²) in [6.07, 6.45) is 3.19. The number of ether oxygens (including phenoxy) is 1. The summed E-state index contributed by atoms with van der Waals surface area (Å²) < 4.78 is 10.6. The lowest BCUT2D eigenvalue weighted by molar-refractivity contribution is 0.304. The van der Waals surface area contributed by atoms with Gasteiger partial charge in [0, 0.05) is 18.3 Å². The quantitative estimate of drug-likeness (QED) is 0.392. The number of halogens is 1. The van der Waals surface area contributed by atoms with Crippen molar-refractivity contribution in [3.05, 3.63) is 80.0 Å². The van der Waals surface area contributed by atoms with E-state index in [1.54, 1.807) is 7.05 Å². The van der Waals surface area contributed by atoms with E-state index in [9.17, 15) is 4.79 Å². The minimum atomic E-state index is -0.298. The fourth-order valence-electron chi connectivity index (χ4n) is 4.52. The van der Waals surface area contributed by atoms with Gasteiger partial charge >= 0.3 is 5.69 Å². The van der Waals surface area contributed by atoms with Crippen LogP contribution in [0.4, 0.5) is 0 Å². The largest absolute Gasteiger partial charge is 0.487 e. The zero-order valence-electron chi connectivity index (χ0n) is 19.7. The maximum atomic E-state index is 12.5. The van der Waals surface area contributed by atoms with Crippen LogP contribution in [0.15, 0.2) is 41.2 Å². The van der Waals surface area contributed by atoms with Gasteiger partial charge in [0.05, 0.1) is 22.1 Å². The van der Waals surface area contributed by atoms with Crippen molar-refractivity contribution < 1.29 is 4.74 Å². The summed E-state index contributed by atoms with van der Waals surface area (Å²) in [4.78, 5) is 12.5. The smallest absolute Gasteiger partial charge is 0.368 e. The van der Waals surface area contributed by atoms with E-state index in [-0.39, 0.29) is 12.3 Å². The first kappa shape index (κ1) is 22.4. The van der Waals surface area contributed by atoms with Crippen molar-refractivity contribution in [2.75, 3.05) is 0 Å². The Bertz CT molecular complexity index is 1430. The van der Waals surface area contributed by atoms with Gasteiger partial charge in [0.2, 0.25) is 0 Å². The van der Waals surface area contributed by atoms with Gasteiger partial charge in [0.15, 0.2) is 0 Å². The molecule has 1 aliphatic carbocycles. The summed E-state index contributed by atoms with van der Waals surface area (Å²) in [5, 5.41) is 13.1. The van der Waals surface area contributed by atoms with Gasteiger partial charge in [0.1, 0.15) is 12.4 Å². The minimum Gasteiger partial charge on any atom is -0.487 e. The van der Waals surface area contributed by atoms with Crippen LogP contribution in [0.3, 0.4) is 0 Å². The molecule has 0 atom stereocenters. The molecular weight excluding hydrogens is 452 g/mol. The number of aryl methyl sites for hydroxylation is 2. The molecule has 2 aromatic carbocycles. The van der Waals surface area contributed by atoms with Gasteiger partial charge in [-0.15, -0.1) is 0 Å². The van der Waals surface area contributed by atoms with Crippen LogP contribution in [0.2, 0.25) is 5.02 Å². The SMILES string of the molecule is CCc1c(C)nn(-c2ccc(OCc3c(C4CC4)cccc3-n3nnn(C)c3=O)c(Cl)c2)c1C. The van der Waals surface area contributed by atoms with Gasteiger partial charge in [-0.1, -0.05) is 30.7 Å². The van der Waals surface area contributed by atoms with Crippen LogP contribution in [-0.4, -0.2) is 29.6 Å². The van der Waals surface area contributed by atoms with Crippen LogP contribution in [0, 0.1) is 13.8 Å². The molecule has 1 saturated carbocycles. The van der Waals surface area contributed by atoms with Gasteiger partial charge in [-0.3, -0.25) is 0 Å². The molecule has 1 aliphatic rings. The summed E-state index contributed by atoms with van der Waals surface area (Å²) in [6, 6.07) is 11.6. The zero-order valence-corrected chi connectivity index (χ0v) is 20.5. The van der Waals surface area contributed by atoms with Crippen molar-refractivity contribution >= 4 is 11.6 Å². The van der Waals surface area contributed by atoms with E-state index in [4.69, 9.17) is 16.3 Å². The molecule has 0 spiro atoms. The topological polar surface area (TPSA) is 79.8 Å². The molecule has 2 heterocycles. The molecule has 0 bridgehead atoms. The monoisotopic (exact) mass is 478 g/mol. The predicted octanol–water partition coefficient (Wildman–Crippen LogP) is 4.44. The molecule has 1 fully saturated rings. The first-order valence-electron chi connectivity index (χ1n) is 11.5. The standard InChI is InChI=1S/C25H27ClN6O2/c1-5-19-15(2)27-31(16(19)3)18-11-12-24(22(26)13-18)34-14-21-20(17-9-10-17)7-6-8-23(21)32-25(33)30(4)28-29-32/h6-8,11-13,17H,5,9-10,14H2,1-4H3. The van der Waals surface area contributed by atoms with Crippen molar-refractivity contribution in [3.63, 3.8) is 0 Å². The Kier molecular flexibility index (Phi) is 5.77. The third-order valence-corrected chi connectivity index (χ3v) is 6.78. The number of aromatic nitrogens is 6. The lowest BCUT2D eigenvalue weighted by atomic mass is 10.0. The van der Waals surface area contributed by atoms with Crippen molar-refractivity contribution in [1.82, 2.24) is 29.6 Å². The van der Waals surface area contributed by atoms with E-state index in [1.165, 1.54) is 20.5 Å². The van der Waals surface area contributed by atoms with Gasteiger partial charge in [-0.2, -0.15) is 14.5 Å². The average molecular weight is 479 g/mol. The van der Waals surface area contributed by atoms with Crippen LogP contribution in [-0.2, 0) is 20.1 Å². The first-order chi connectivity index (χ1) is 16.4. The summed E-state index contributed by atoms with van der Waals surface area (Å²) in [7, 11) is 1.58. The second kappa shape index (κ2) is 8.76. The Morgan fingerprint density at radius 1 is 1.09 bits per heavy atom. The van der Waals surface area contributed by atoms with E-state index in [0.717, 1.165) is 41.9 Å². The Morgan fingerprint density at radius 3 is 2.50 bits per heavy atom. The van der Waals surface area contributed by atoms with E-state index < -0.39 is 0 Å². The number of benzene rings is 2. The van der Waals surface area contributed by atoms with E-state index >= 15 is 0 Å². The Balaban J connectivity index is 1.46. The van der Waals surface area contributed by atoms with Crippen molar-refractivity contribution in [1.29, 1.82) is 0 Å². The number of tetrazole rings is 1. The molecule has 0 radical (unpaired) electrons. The van der Waals surface area contributed by atoms with Crippen molar-refractivity contribution in [3.8, 4) is 17.1 Å². The zero-order chi connectivity index (χ0) is 24.0. The Labute approximate surface area is 202 Å². The fraction of sp³-hybridized carbons (Fsp3) is 0.360. The molecule has 0 unspecified atom stereocenters. The summed E-state index contributed by atoms with van der Waals surface area (Å²) >= 11 is 6.63. The van der Waals surface area contributed by atoms with Gasteiger partial charge in [0.25, 0.3) is 0 Å². The second-order valence-corrected chi connectivity index (χ2v) is 9.14. The summed E-state index contributed by atoms with van der Waals surface area (Å²) in [6.45, 7) is 6.50. The lowest BCUT2D eigenvalue weighted by Crippen LogP contribution is -2.23. The average Bonchev–Trinajstić information content (AvgIpc) is 3.56. The van der Waals surface area contributed by atoms with Crippen LogP contribution in [0.1, 0.15) is 53.8 Å². The van der Waals surface area contributed by atoms with Crippen molar-refractivity contribution in [2.45, 2.75) is 52.6 Å². The van der Waals surface area contributed by atoms with Gasteiger partial charge in [-0.05, 0) is 84.8 Å². The normalized spacial score (nSPS) is 13.4. The summed E-state index contributed by atoms with van der Waals surface area (Å²) in [5.74, 6) is 1.05. The van der Waals surface area contributed by atoms with Gasteiger partial charge in [-0.25, -0.2) is 9.48 Å². The third-order valence-electron chi connectivity index (χ3n) is 6.48. The van der Waals surface area contributed by atoms with Crippen LogP contribution < -0.4 is 10.4 Å². The highest BCUT2D eigenvalue weighted by Gasteiger charge is 2.28. The lowest BCUT2D eigenvalue weighted by Gasteiger charge is -2.16. The highest BCUT2D eigenvalue weighted by molar-refractivity contribution is 6.32. The minimum absolute atomic E-state index is 0.268. The van der Waals surface area contributed by atoms with E-state index in [1.807, 2.05) is 41.9 Å². The maximum Gasteiger partial charge on any atom is 0.368 e. The molecule has 5 rings (SSSR count). The number of rotatable bonds is 7. The molecule has 4 aromatic rings. The van der Waals surface area contributed by atoms with Crippen LogP contribution in [0.5, 0.6) is 5.75 Å². The molecule has 0 amide bonds. The Morgan fingerprint density at radius 2 is 1.88 bits per heavy atom. The molecule has 8 nitrogen and oxygen atoms in total. The second-order valence-electron chi connectivity index (χ2n) is 8.73. The van der Waals surface area contributed by atoms with E-state index in [2.05, 4.69) is 35.4 Å². The highest BCUT2D eigenvalue weighted by atomic mass is 35.5. The maximum absolute atomic E-state index is 12.5. The first-order valence-corrected chi connectivity index (χ1v) is 11.9. The van der Waals surface area contributed by atoms with Crippen LogP contribution in [0.25, 0.3) is 11.4 Å². The van der Waals surface area contributed by atoms with Crippen LogP contribution >= 0.6 is 11.6 Å². The highest BCUT2D eigenvalue weighted by Crippen LogP contribution is 2.43. The third kappa shape index (κ3) is 3.92. The molecule has 0 saturated heterocycles. The number of hydrogen-bond acceptors (Lipinski definition) is 5. The molecule has 0 aliphatic heterocycles. The predicted molar refractivity (Wildman–Crippen MR) is 130 cm³/mol. The molecular formula is C25H27ClN6O2. The fourth-order valence-corrected chi connectivity index (χ4v) is 4.75. The Hall–Kier alpha value is -3.39. The van der Waals surface area contributed by atoms with E-state index in [0.29, 0.717) is 22.4 Å². The summed E-state index contributed by atoms with van der Waals surface area (Å²) in [5.41, 5.74) is 6.78. The van der Waals surface area contributed by atoms with Crippen molar-refractivity contribution in [2.24, 2.45) is 7.05 Å². The number of hydrogen-bond donors (Lipinski definition) is 0. The number of nitrogens with zero attached hydrogens (tertiary/aromatic N) is 6. The molecule has 176 valence electrons. The van der Waals surface area contributed by atoms with Gasteiger partial charge < -0.3 is 4.74 Å².